The van der Waals surface area contributed by atoms with E-state index in [1.54, 1.807) is 0 Å². The highest BCUT2D eigenvalue weighted by Gasteiger charge is 2.20. The molecule has 1 unspecified atom stereocenters. The minimum atomic E-state index is 0.523. The summed E-state index contributed by atoms with van der Waals surface area (Å²) in [6.07, 6.45) is 6.76. The number of ether oxygens (including phenoxy) is 1. The fraction of sp³-hybridized carbons (Fsp3) is 1.00. The molecule has 1 fully saturated rings. The van der Waals surface area contributed by atoms with E-state index in [1.807, 2.05) is 7.11 Å². The molecule has 78 valence electrons. The summed E-state index contributed by atoms with van der Waals surface area (Å²) in [6.45, 7) is 4.50. The Hall–Kier alpha value is -0.0800. The Labute approximate surface area is 82.0 Å². The van der Waals surface area contributed by atoms with Crippen LogP contribution >= 0.6 is 0 Å². The van der Waals surface area contributed by atoms with Gasteiger partial charge in [-0.15, -0.1) is 0 Å². The van der Waals surface area contributed by atoms with Gasteiger partial charge in [0.1, 0.15) is 0 Å². The van der Waals surface area contributed by atoms with Gasteiger partial charge in [0.15, 0.2) is 0 Å². The summed E-state index contributed by atoms with van der Waals surface area (Å²) in [4.78, 5) is 0. The van der Waals surface area contributed by atoms with E-state index in [-0.39, 0.29) is 0 Å². The Bertz CT molecular complexity index is 130. The van der Waals surface area contributed by atoms with E-state index in [2.05, 4.69) is 19.2 Å². The number of methoxy groups -OCH3 is 1. The maximum Gasteiger partial charge on any atom is 0.0572 e. The van der Waals surface area contributed by atoms with Crippen molar-refractivity contribution >= 4 is 0 Å². The number of hydrogen-bond acceptors (Lipinski definition) is 2. The Balaban J connectivity index is 2.17. The fourth-order valence-electron chi connectivity index (χ4n) is 1.99. The third kappa shape index (κ3) is 3.65. The van der Waals surface area contributed by atoms with Gasteiger partial charge in [-0.1, -0.05) is 6.92 Å². The molecule has 1 aliphatic carbocycles. The molecule has 1 rings (SSSR count). The van der Waals surface area contributed by atoms with Gasteiger partial charge >= 0.3 is 0 Å². The first-order valence-corrected chi connectivity index (χ1v) is 5.55. The molecule has 1 saturated carbocycles. The lowest BCUT2D eigenvalue weighted by atomic mass is 9.92. The van der Waals surface area contributed by atoms with Crippen molar-refractivity contribution in [1.82, 2.24) is 5.32 Å². The smallest absolute Gasteiger partial charge is 0.0572 e. The van der Waals surface area contributed by atoms with Gasteiger partial charge in [0.2, 0.25) is 0 Å². The summed E-state index contributed by atoms with van der Waals surface area (Å²) in [5.74, 6) is 0. The second-order valence-corrected chi connectivity index (χ2v) is 4.19. The average Bonchev–Trinajstić information content (AvgIpc) is 2.19. The van der Waals surface area contributed by atoms with Crippen molar-refractivity contribution in [3.05, 3.63) is 0 Å². The summed E-state index contributed by atoms with van der Waals surface area (Å²) < 4.78 is 5.34. The van der Waals surface area contributed by atoms with Gasteiger partial charge in [0.25, 0.3) is 0 Å². The molecule has 1 N–H and O–H groups in total. The van der Waals surface area contributed by atoms with Crippen LogP contribution in [0.3, 0.4) is 0 Å². The molecular weight excluding hydrogens is 162 g/mol. The van der Waals surface area contributed by atoms with E-state index in [4.69, 9.17) is 4.74 Å². The lowest BCUT2D eigenvalue weighted by Crippen LogP contribution is -2.39. The van der Waals surface area contributed by atoms with Gasteiger partial charge in [0, 0.05) is 19.2 Å². The lowest BCUT2D eigenvalue weighted by Gasteiger charge is -2.30. The molecule has 0 aromatic carbocycles. The van der Waals surface area contributed by atoms with Crippen LogP contribution in [0.2, 0.25) is 0 Å². The molecule has 0 saturated heterocycles. The molecule has 1 atom stereocenters. The van der Waals surface area contributed by atoms with Crippen LogP contribution in [0.4, 0.5) is 0 Å². The normalized spacial score (nSPS) is 31.6. The lowest BCUT2D eigenvalue weighted by molar-refractivity contribution is 0.0613. The third-order valence-electron chi connectivity index (χ3n) is 3.14. The summed E-state index contributed by atoms with van der Waals surface area (Å²) in [7, 11) is 1.83. The van der Waals surface area contributed by atoms with Crippen molar-refractivity contribution in [3.8, 4) is 0 Å². The van der Waals surface area contributed by atoms with Crippen molar-refractivity contribution in [2.75, 3.05) is 7.11 Å². The van der Waals surface area contributed by atoms with Crippen LogP contribution < -0.4 is 5.32 Å². The quantitative estimate of drug-likeness (QED) is 0.726. The van der Waals surface area contributed by atoms with Crippen LogP contribution in [-0.4, -0.2) is 25.3 Å². The minimum absolute atomic E-state index is 0.523. The second-order valence-electron chi connectivity index (χ2n) is 4.19. The molecule has 2 heteroatoms. The molecule has 0 radical (unpaired) electrons. The topological polar surface area (TPSA) is 21.3 Å². The third-order valence-corrected chi connectivity index (χ3v) is 3.14. The molecule has 0 aromatic heterocycles. The molecule has 0 aromatic rings. The zero-order valence-electron chi connectivity index (χ0n) is 9.18. The SMILES string of the molecule is CCC(C)NC1CCC(OC)CC1. The van der Waals surface area contributed by atoms with E-state index >= 15 is 0 Å². The van der Waals surface area contributed by atoms with E-state index < -0.39 is 0 Å². The molecule has 13 heavy (non-hydrogen) atoms. The molecule has 1 aliphatic rings. The Morgan fingerprint density at radius 3 is 2.38 bits per heavy atom. The average molecular weight is 185 g/mol. The maximum atomic E-state index is 5.34. The molecule has 0 heterocycles. The van der Waals surface area contributed by atoms with E-state index in [0.717, 1.165) is 6.04 Å². The predicted octanol–water partition coefficient (Wildman–Crippen LogP) is 2.33. The van der Waals surface area contributed by atoms with Crippen LogP contribution in [0.25, 0.3) is 0 Å². The summed E-state index contributed by atoms with van der Waals surface area (Å²) in [5, 5.41) is 3.66. The van der Waals surface area contributed by atoms with Crippen LogP contribution in [0.1, 0.15) is 46.0 Å². The Kier molecular flexibility index (Phi) is 4.74. The Morgan fingerprint density at radius 2 is 1.92 bits per heavy atom. The zero-order chi connectivity index (χ0) is 9.68. The van der Waals surface area contributed by atoms with Crippen LogP contribution in [0.5, 0.6) is 0 Å². The van der Waals surface area contributed by atoms with Crippen molar-refractivity contribution in [2.45, 2.75) is 64.1 Å². The second kappa shape index (κ2) is 5.61. The summed E-state index contributed by atoms with van der Waals surface area (Å²) >= 11 is 0. The van der Waals surface area contributed by atoms with Crippen molar-refractivity contribution in [3.63, 3.8) is 0 Å². The number of nitrogens with one attached hydrogen (secondary N) is 1. The highest BCUT2D eigenvalue weighted by atomic mass is 16.5. The first kappa shape index (κ1) is 11.0. The first-order chi connectivity index (χ1) is 6.26. The Morgan fingerprint density at radius 1 is 1.31 bits per heavy atom. The molecule has 0 amide bonds. The van der Waals surface area contributed by atoms with Gasteiger partial charge < -0.3 is 10.1 Å². The molecular formula is C11H23NO. The molecule has 0 aliphatic heterocycles. The van der Waals surface area contributed by atoms with E-state index in [1.165, 1.54) is 32.1 Å². The predicted molar refractivity (Wildman–Crippen MR) is 55.9 cm³/mol. The highest BCUT2D eigenvalue weighted by Crippen LogP contribution is 2.20. The summed E-state index contributed by atoms with van der Waals surface area (Å²) in [5.41, 5.74) is 0. The standard InChI is InChI=1S/C11H23NO/c1-4-9(2)12-10-5-7-11(13-3)8-6-10/h9-12H,4-8H2,1-3H3. The maximum absolute atomic E-state index is 5.34. The van der Waals surface area contributed by atoms with Crippen molar-refractivity contribution in [2.24, 2.45) is 0 Å². The molecule has 2 nitrogen and oxygen atoms in total. The van der Waals surface area contributed by atoms with Gasteiger partial charge in [-0.05, 0) is 39.0 Å². The molecule has 0 bridgehead atoms. The van der Waals surface area contributed by atoms with Gasteiger partial charge in [-0.2, -0.15) is 0 Å². The number of rotatable bonds is 4. The zero-order valence-corrected chi connectivity index (χ0v) is 9.18. The fourth-order valence-corrected chi connectivity index (χ4v) is 1.99. The molecule has 0 spiro atoms. The van der Waals surface area contributed by atoms with Crippen LogP contribution in [0, 0.1) is 0 Å². The van der Waals surface area contributed by atoms with E-state index in [0.29, 0.717) is 12.1 Å². The van der Waals surface area contributed by atoms with Gasteiger partial charge in [-0.25, -0.2) is 0 Å². The van der Waals surface area contributed by atoms with Crippen LogP contribution in [0.15, 0.2) is 0 Å². The van der Waals surface area contributed by atoms with Crippen molar-refractivity contribution < 1.29 is 4.74 Å². The minimum Gasteiger partial charge on any atom is -0.381 e. The van der Waals surface area contributed by atoms with Gasteiger partial charge in [-0.3, -0.25) is 0 Å². The van der Waals surface area contributed by atoms with Gasteiger partial charge in [0.05, 0.1) is 6.10 Å². The first-order valence-electron chi connectivity index (χ1n) is 5.55. The largest absolute Gasteiger partial charge is 0.381 e. The monoisotopic (exact) mass is 185 g/mol. The number of hydrogen-bond donors (Lipinski definition) is 1. The van der Waals surface area contributed by atoms with E-state index in [9.17, 15) is 0 Å². The highest BCUT2D eigenvalue weighted by molar-refractivity contribution is 4.78. The van der Waals surface area contributed by atoms with Crippen LogP contribution in [-0.2, 0) is 4.74 Å². The summed E-state index contributed by atoms with van der Waals surface area (Å²) in [6, 6.07) is 1.41. The van der Waals surface area contributed by atoms with Crippen molar-refractivity contribution in [1.29, 1.82) is 0 Å².